The van der Waals surface area contributed by atoms with Gasteiger partial charge in [-0.2, -0.15) is 31.3 Å². The molecule has 0 unspecified atom stereocenters. The van der Waals surface area contributed by atoms with Crippen molar-refractivity contribution in [2.24, 2.45) is 5.73 Å². The Morgan fingerprint density at radius 2 is 1.67 bits per heavy atom. The molecule has 17 heteroatoms. The molecule has 2 aromatic heterocycles. The maximum Gasteiger partial charge on any atom is 0.471 e. The third kappa shape index (κ3) is 5.56. The van der Waals surface area contributed by atoms with E-state index in [9.17, 15) is 39.6 Å². The van der Waals surface area contributed by atoms with E-state index in [2.05, 4.69) is 19.6 Å². The molecule has 2 aromatic carbocycles. The van der Waals surface area contributed by atoms with Crippen LogP contribution in [0.1, 0.15) is 17.0 Å². The molecule has 4 aromatic rings. The third-order valence-corrected chi connectivity index (χ3v) is 8.05. The van der Waals surface area contributed by atoms with Crippen molar-refractivity contribution in [2.45, 2.75) is 29.8 Å². The third-order valence-electron chi connectivity index (χ3n) is 6.25. The van der Waals surface area contributed by atoms with Crippen LogP contribution in [0, 0.1) is 5.82 Å². The molecule has 1 amide bonds. The van der Waals surface area contributed by atoms with Crippen LogP contribution in [0.3, 0.4) is 0 Å². The van der Waals surface area contributed by atoms with Crippen LogP contribution in [0.15, 0.2) is 64.3 Å². The number of amides is 1. The highest BCUT2D eigenvalue weighted by Crippen LogP contribution is 2.39. The van der Waals surface area contributed by atoms with Gasteiger partial charge < -0.3 is 15.2 Å². The Labute approximate surface area is 231 Å². The molecule has 0 spiro atoms. The van der Waals surface area contributed by atoms with Crippen molar-refractivity contribution >= 4 is 21.4 Å². The molecule has 0 aliphatic carbocycles. The van der Waals surface area contributed by atoms with Crippen molar-refractivity contribution in [3.8, 4) is 22.5 Å². The van der Waals surface area contributed by atoms with E-state index in [1.54, 1.807) is 0 Å². The lowest BCUT2D eigenvalue weighted by molar-refractivity contribution is -0.159. The van der Waals surface area contributed by atoms with Crippen LogP contribution < -0.4 is 10.6 Å². The van der Waals surface area contributed by atoms with Crippen molar-refractivity contribution in [2.75, 3.05) is 10.7 Å². The van der Waals surface area contributed by atoms with Gasteiger partial charge in [0, 0.05) is 29.1 Å². The Kier molecular flexibility index (Phi) is 7.05. The minimum absolute atomic E-state index is 0.126. The Balaban J connectivity index is 1.56. The van der Waals surface area contributed by atoms with Crippen LogP contribution in [0.2, 0.25) is 0 Å². The van der Waals surface area contributed by atoms with Crippen molar-refractivity contribution in [3.05, 3.63) is 77.7 Å². The molecular formula is C25H16F7N5O4S. The maximum absolute atomic E-state index is 15.2. The highest BCUT2D eigenvalue weighted by atomic mass is 32.2. The highest BCUT2D eigenvalue weighted by Gasteiger charge is 2.39. The number of benzene rings is 2. The summed E-state index contributed by atoms with van der Waals surface area (Å²) in [5.41, 5.74) is 4.01. The van der Waals surface area contributed by atoms with Gasteiger partial charge in [-0.05, 0) is 23.8 Å². The standard InChI is InChI=1S/C25H16F7N5O4S/c26-17-7-20-19(6-16(17)14-5-15(9-34-8-14)24(27,28)29)37(22(38)18(33)11-42(20,39)40)10-12-1-3-13(4-2-12)21-35-23(41-36-21)25(30,31)32/h1-9,18H,10-11,33H2/t18-/m0/s1. The van der Waals surface area contributed by atoms with E-state index in [1.807, 2.05) is 0 Å². The lowest BCUT2D eigenvalue weighted by Gasteiger charge is -2.25. The molecule has 42 heavy (non-hydrogen) atoms. The van der Waals surface area contributed by atoms with Gasteiger partial charge in [-0.15, -0.1) is 0 Å². The molecule has 9 nitrogen and oxygen atoms in total. The van der Waals surface area contributed by atoms with Crippen molar-refractivity contribution in [3.63, 3.8) is 0 Å². The van der Waals surface area contributed by atoms with Crippen molar-refractivity contribution < 1.29 is 48.5 Å². The van der Waals surface area contributed by atoms with Gasteiger partial charge in [-0.1, -0.05) is 29.4 Å². The summed E-state index contributed by atoms with van der Waals surface area (Å²) in [5.74, 6) is -4.84. The van der Waals surface area contributed by atoms with Crippen LogP contribution in [-0.2, 0) is 33.5 Å². The van der Waals surface area contributed by atoms with Gasteiger partial charge >= 0.3 is 18.2 Å². The van der Waals surface area contributed by atoms with E-state index in [0.717, 1.165) is 17.2 Å². The fourth-order valence-corrected chi connectivity index (χ4v) is 5.81. The van der Waals surface area contributed by atoms with Crippen LogP contribution >= 0.6 is 0 Å². The molecule has 0 saturated carbocycles. The zero-order chi connectivity index (χ0) is 30.6. The molecule has 1 atom stereocenters. The van der Waals surface area contributed by atoms with Gasteiger partial charge in [-0.3, -0.25) is 9.78 Å². The molecule has 0 bridgehead atoms. The van der Waals surface area contributed by atoms with E-state index in [0.29, 0.717) is 23.9 Å². The first-order chi connectivity index (χ1) is 19.5. The van der Waals surface area contributed by atoms with E-state index >= 15 is 4.39 Å². The average molecular weight is 615 g/mol. The number of carbonyl (C=O) groups excluding carboxylic acids is 1. The number of sulfone groups is 1. The lowest BCUT2D eigenvalue weighted by Crippen LogP contribution is -2.45. The average Bonchev–Trinajstić information content (AvgIpc) is 3.40. The summed E-state index contributed by atoms with van der Waals surface area (Å²) in [4.78, 5) is 20.4. The summed E-state index contributed by atoms with van der Waals surface area (Å²) in [6.45, 7) is -0.346. The molecule has 0 radical (unpaired) electrons. The number of hydrogen-bond acceptors (Lipinski definition) is 8. The number of halogens is 7. The van der Waals surface area contributed by atoms with Gasteiger partial charge in [0.1, 0.15) is 5.82 Å². The normalized spacial score (nSPS) is 17.2. The lowest BCUT2D eigenvalue weighted by atomic mass is 10.0. The van der Waals surface area contributed by atoms with Gasteiger partial charge in [-0.25, -0.2) is 12.8 Å². The summed E-state index contributed by atoms with van der Waals surface area (Å²) >= 11 is 0. The minimum Gasteiger partial charge on any atom is -0.329 e. The number of hydrogen-bond donors (Lipinski definition) is 1. The van der Waals surface area contributed by atoms with Crippen molar-refractivity contribution in [1.82, 2.24) is 15.1 Å². The van der Waals surface area contributed by atoms with Crippen LogP contribution in [-0.4, -0.2) is 41.2 Å². The monoisotopic (exact) mass is 615 g/mol. The first kappa shape index (κ1) is 29.1. The molecule has 5 rings (SSSR count). The maximum atomic E-state index is 15.2. The van der Waals surface area contributed by atoms with Crippen LogP contribution in [0.4, 0.5) is 36.4 Å². The van der Waals surface area contributed by atoms with E-state index in [4.69, 9.17) is 5.73 Å². The molecule has 1 aliphatic rings. The second kappa shape index (κ2) is 10.2. The molecule has 0 fully saturated rings. The molecule has 3 heterocycles. The van der Waals surface area contributed by atoms with Crippen molar-refractivity contribution in [1.29, 1.82) is 0 Å². The Morgan fingerprint density at radius 3 is 2.29 bits per heavy atom. The number of nitrogens with two attached hydrogens (primary N) is 1. The van der Waals surface area contributed by atoms with Gasteiger partial charge in [0.25, 0.3) is 0 Å². The first-order valence-corrected chi connectivity index (χ1v) is 13.4. The second-order valence-electron chi connectivity index (χ2n) is 9.19. The van der Waals surface area contributed by atoms with Gasteiger partial charge in [0.2, 0.25) is 11.7 Å². The Morgan fingerprint density at radius 1 is 0.976 bits per heavy atom. The highest BCUT2D eigenvalue weighted by molar-refractivity contribution is 7.91. The van der Waals surface area contributed by atoms with E-state index < -0.39 is 67.6 Å². The smallest absolute Gasteiger partial charge is 0.329 e. The first-order valence-electron chi connectivity index (χ1n) is 11.7. The summed E-state index contributed by atoms with van der Waals surface area (Å²) in [5, 5.41) is 3.28. The number of alkyl halides is 6. The van der Waals surface area contributed by atoms with E-state index in [1.165, 1.54) is 24.3 Å². The summed E-state index contributed by atoms with van der Waals surface area (Å²) in [6.07, 6.45) is -8.17. The number of fused-ring (bicyclic) bond motifs is 1. The summed E-state index contributed by atoms with van der Waals surface area (Å²) < 4.78 is 124. The molecule has 2 N–H and O–H groups in total. The summed E-state index contributed by atoms with van der Waals surface area (Å²) in [6, 6.07) is 6.02. The number of anilines is 1. The fraction of sp³-hybridized carbons (Fsp3) is 0.200. The van der Waals surface area contributed by atoms with Gasteiger partial charge in [0.05, 0.1) is 34.5 Å². The second-order valence-corrected chi connectivity index (χ2v) is 11.2. The molecule has 0 saturated heterocycles. The fourth-order valence-electron chi connectivity index (χ4n) is 4.24. The Bertz CT molecular complexity index is 1790. The Hall–Kier alpha value is -4.38. The number of pyridine rings is 1. The SMILES string of the molecule is N[C@H]1CS(=O)(=O)c2cc(F)c(-c3cncc(C(F)(F)F)c3)cc2N(Cc2ccc(-c3noc(C(F)(F)F)n3)cc2)C1=O. The largest absolute Gasteiger partial charge is 0.471 e. The molecular weight excluding hydrogens is 599 g/mol. The summed E-state index contributed by atoms with van der Waals surface area (Å²) in [7, 11) is -4.33. The molecule has 1 aliphatic heterocycles. The van der Waals surface area contributed by atoms with Gasteiger partial charge in [0.15, 0.2) is 9.84 Å². The quantitative estimate of drug-likeness (QED) is 0.329. The number of aromatic nitrogens is 3. The topological polar surface area (TPSA) is 132 Å². The number of rotatable bonds is 4. The predicted octanol–water partition coefficient (Wildman–Crippen LogP) is 4.62. The van der Waals surface area contributed by atoms with Crippen LogP contribution in [0.25, 0.3) is 22.5 Å². The number of carbonyl (C=O) groups is 1. The van der Waals surface area contributed by atoms with E-state index in [-0.39, 0.29) is 29.2 Å². The zero-order valence-electron chi connectivity index (χ0n) is 20.7. The van der Waals surface area contributed by atoms with Crippen LogP contribution in [0.5, 0.6) is 0 Å². The molecule has 220 valence electrons. The zero-order valence-corrected chi connectivity index (χ0v) is 21.6. The predicted molar refractivity (Wildman–Crippen MR) is 131 cm³/mol. The number of nitrogens with zero attached hydrogens (tertiary/aromatic N) is 4. The minimum atomic E-state index is -4.85.